The number of amides is 1. The summed E-state index contributed by atoms with van der Waals surface area (Å²) in [6, 6.07) is 0. The standard InChI is InChI=1S/C14H29NO2.Na/c1-2-3-4-5-6-7-8-9-10-11-12-15-14(17)13-16;/h16H,2-13H2,1H3,(H,15,17);. The Labute approximate surface area is 134 Å². The van der Waals surface area contributed by atoms with Crippen molar-refractivity contribution in [2.75, 3.05) is 13.2 Å². The van der Waals surface area contributed by atoms with E-state index in [1.165, 1.54) is 57.8 Å². The van der Waals surface area contributed by atoms with Crippen molar-refractivity contribution in [3.63, 3.8) is 0 Å². The molecule has 0 atom stereocenters. The van der Waals surface area contributed by atoms with Crippen molar-refractivity contribution in [1.29, 1.82) is 0 Å². The maximum Gasteiger partial charge on any atom is 0.245 e. The summed E-state index contributed by atoms with van der Waals surface area (Å²) in [4.78, 5) is 10.7. The largest absolute Gasteiger partial charge is 0.387 e. The summed E-state index contributed by atoms with van der Waals surface area (Å²) in [5.41, 5.74) is 0. The van der Waals surface area contributed by atoms with Gasteiger partial charge in [-0.25, -0.2) is 0 Å². The first-order valence-electron chi connectivity index (χ1n) is 7.18. The van der Waals surface area contributed by atoms with Gasteiger partial charge in [-0.3, -0.25) is 4.79 Å². The topological polar surface area (TPSA) is 49.3 Å². The summed E-state index contributed by atoms with van der Waals surface area (Å²) in [5, 5.41) is 11.2. The van der Waals surface area contributed by atoms with Crippen LogP contribution < -0.4 is 5.32 Å². The molecule has 103 valence electrons. The van der Waals surface area contributed by atoms with E-state index in [0.717, 1.165) is 6.42 Å². The van der Waals surface area contributed by atoms with Gasteiger partial charge in [0.15, 0.2) is 0 Å². The second kappa shape index (κ2) is 17.4. The van der Waals surface area contributed by atoms with E-state index in [4.69, 9.17) is 5.11 Å². The summed E-state index contributed by atoms with van der Waals surface area (Å²) in [6.45, 7) is 2.56. The molecule has 0 aliphatic carbocycles. The average molecular weight is 266 g/mol. The molecular formula is C14H29NNaO2. The molecule has 0 aromatic heterocycles. The van der Waals surface area contributed by atoms with Crippen molar-refractivity contribution in [2.45, 2.75) is 71.1 Å². The predicted molar refractivity (Wildman–Crippen MR) is 77.7 cm³/mol. The number of hydrogen-bond acceptors (Lipinski definition) is 2. The Morgan fingerprint density at radius 3 is 1.78 bits per heavy atom. The Morgan fingerprint density at radius 1 is 0.889 bits per heavy atom. The van der Waals surface area contributed by atoms with E-state index in [1.54, 1.807) is 0 Å². The van der Waals surface area contributed by atoms with E-state index in [1.807, 2.05) is 0 Å². The number of nitrogens with one attached hydrogen (secondary N) is 1. The number of carbonyl (C=O) groups is 1. The molecule has 0 heterocycles. The van der Waals surface area contributed by atoms with Crippen LogP contribution in [0.15, 0.2) is 0 Å². The Bertz CT molecular complexity index is 177. The first kappa shape index (κ1) is 20.7. The number of hydrogen-bond donors (Lipinski definition) is 2. The van der Waals surface area contributed by atoms with Gasteiger partial charge >= 0.3 is 0 Å². The molecule has 4 heteroatoms. The molecule has 0 saturated carbocycles. The van der Waals surface area contributed by atoms with E-state index >= 15 is 0 Å². The van der Waals surface area contributed by atoms with Crippen LogP contribution in [0.4, 0.5) is 0 Å². The van der Waals surface area contributed by atoms with Crippen LogP contribution >= 0.6 is 0 Å². The second-order valence-corrected chi connectivity index (χ2v) is 4.69. The van der Waals surface area contributed by atoms with Crippen LogP contribution in [0.2, 0.25) is 0 Å². The molecule has 1 amide bonds. The van der Waals surface area contributed by atoms with Gasteiger partial charge in [0.25, 0.3) is 0 Å². The van der Waals surface area contributed by atoms with E-state index < -0.39 is 6.61 Å². The molecule has 0 aromatic carbocycles. The van der Waals surface area contributed by atoms with Gasteiger partial charge in [-0.2, -0.15) is 0 Å². The molecule has 0 aliphatic heterocycles. The minimum atomic E-state index is -0.391. The third-order valence-corrected chi connectivity index (χ3v) is 3.00. The smallest absolute Gasteiger partial charge is 0.245 e. The minimum absolute atomic E-state index is 0. The maximum absolute atomic E-state index is 10.7. The fraction of sp³-hybridized carbons (Fsp3) is 0.929. The van der Waals surface area contributed by atoms with Crippen molar-refractivity contribution < 1.29 is 9.90 Å². The van der Waals surface area contributed by atoms with Gasteiger partial charge in [0.05, 0.1) is 0 Å². The van der Waals surface area contributed by atoms with Gasteiger partial charge < -0.3 is 10.4 Å². The molecular weight excluding hydrogens is 237 g/mol. The number of carbonyl (C=O) groups excluding carboxylic acids is 1. The number of aliphatic hydroxyl groups excluding tert-OH is 1. The molecule has 18 heavy (non-hydrogen) atoms. The van der Waals surface area contributed by atoms with Gasteiger partial charge in [0, 0.05) is 36.1 Å². The van der Waals surface area contributed by atoms with Crippen LogP contribution in [0.5, 0.6) is 0 Å². The van der Waals surface area contributed by atoms with Crippen LogP contribution in [-0.4, -0.2) is 53.7 Å². The van der Waals surface area contributed by atoms with E-state index in [-0.39, 0.29) is 35.5 Å². The fourth-order valence-electron chi connectivity index (χ4n) is 1.90. The summed E-state index contributed by atoms with van der Waals surface area (Å²) in [5.74, 6) is -0.263. The van der Waals surface area contributed by atoms with Gasteiger partial charge in [0.2, 0.25) is 5.91 Å². The van der Waals surface area contributed by atoms with E-state index in [0.29, 0.717) is 6.54 Å². The quantitative estimate of drug-likeness (QED) is 0.421. The Balaban J connectivity index is 0. The number of rotatable bonds is 12. The monoisotopic (exact) mass is 266 g/mol. The number of unbranched alkanes of at least 4 members (excludes halogenated alkanes) is 9. The third kappa shape index (κ3) is 16.4. The van der Waals surface area contributed by atoms with Crippen molar-refractivity contribution in [3.05, 3.63) is 0 Å². The van der Waals surface area contributed by atoms with Crippen LogP contribution in [0, 0.1) is 0 Å². The first-order valence-corrected chi connectivity index (χ1v) is 7.18. The summed E-state index contributed by atoms with van der Waals surface area (Å²) >= 11 is 0. The second-order valence-electron chi connectivity index (χ2n) is 4.69. The minimum Gasteiger partial charge on any atom is -0.387 e. The average Bonchev–Trinajstić information content (AvgIpc) is 2.35. The van der Waals surface area contributed by atoms with E-state index in [2.05, 4.69) is 12.2 Å². The van der Waals surface area contributed by atoms with E-state index in [9.17, 15) is 4.79 Å². The van der Waals surface area contributed by atoms with Gasteiger partial charge in [-0.05, 0) is 6.42 Å². The van der Waals surface area contributed by atoms with Gasteiger partial charge in [-0.15, -0.1) is 0 Å². The fourth-order valence-corrected chi connectivity index (χ4v) is 1.90. The molecule has 0 aromatic rings. The molecule has 0 unspecified atom stereocenters. The SMILES string of the molecule is CCCCCCCCCCCCNC(=O)CO.[Na]. The molecule has 0 fully saturated rings. The summed E-state index contributed by atoms with van der Waals surface area (Å²) < 4.78 is 0. The molecule has 3 nitrogen and oxygen atoms in total. The zero-order chi connectivity index (χ0) is 12.8. The molecule has 0 rings (SSSR count). The zero-order valence-corrected chi connectivity index (χ0v) is 14.3. The molecule has 0 saturated heterocycles. The van der Waals surface area contributed by atoms with Gasteiger partial charge in [0.1, 0.15) is 6.61 Å². The zero-order valence-electron chi connectivity index (χ0n) is 12.3. The Morgan fingerprint density at radius 2 is 1.33 bits per heavy atom. The van der Waals surface area contributed by atoms with Gasteiger partial charge in [-0.1, -0.05) is 64.7 Å². The number of aliphatic hydroxyl groups is 1. The van der Waals surface area contributed by atoms with Crippen LogP contribution in [0.3, 0.4) is 0 Å². The molecule has 2 N–H and O–H groups in total. The van der Waals surface area contributed by atoms with Crippen LogP contribution in [-0.2, 0) is 4.79 Å². The molecule has 0 bridgehead atoms. The predicted octanol–water partition coefficient (Wildman–Crippen LogP) is 2.64. The molecule has 0 aliphatic rings. The Kier molecular flexibility index (Phi) is 20.1. The Hall–Kier alpha value is 0.430. The normalized spacial score (nSPS) is 9.89. The first-order chi connectivity index (χ1) is 8.31. The molecule has 0 spiro atoms. The van der Waals surface area contributed by atoms with Crippen molar-refractivity contribution in [1.82, 2.24) is 5.32 Å². The summed E-state index contributed by atoms with van der Waals surface area (Å²) in [6.07, 6.45) is 13.0. The van der Waals surface area contributed by atoms with Crippen LogP contribution in [0.1, 0.15) is 71.1 Å². The maximum atomic E-state index is 10.7. The van der Waals surface area contributed by atoms with Crippen LogP contribution in [0.25, 0.3) is 0 Å². The van der Waals surface area contributed by atoms with Crippen molar-refractivity contribution in [2.24, 2.45) is 0 Å². The molecule has 1 radical (unpaired) electrons. The third-order valence-electron chi connectivity index (χ3n) is 3.00. The van der Waals surface area contributed by atoms with Crippen molar-refractivity contribution >= 4 is 35.5 Å². The summed E-state index contributed by atoms with van der Waals surface area (Å²) in [7, 11) is 0. The van der Waals surface area contributed by atoms with Crippen molar-refractivity contribution in [3.8, 4) is 0 Å².